The van der Waals surface area contributed by atoms with Crippen molar-refractivity contribution in [3.05, 3.63) is 29.6 Å². The zero-order chi connectivity index (χ0) is 12.3. The number of halogens is 3. The van der Waals surface area contributed by atoms with Crippen molar-refractivity contribution in [1.29, 1.82) is 0 Å². The molecule has 1 aromatic carbocycles. The first-order chi connectivity index (χ1) is 7.98. The Morgan fingerprint density at radius 3 is 2.41 bits per heavy atom. The zero-order valence-corrected chi connectivity index (χ0v) is 9.47. The average Bonchev–Trinajstić information content (AvgIpc) is 2.12. The van der Waals surface area contributed by atoms with Gasteiger partial charge in [-0.05, 0) is 43.4 Å². The minimum Gasteiger partial charge on any atom is -0.497 e. The van der Waals surface area contributed by atoms with Gasteiger partial charge >= 0.3 is 0 Å². The molecular weight excluding hydrogens is 229 g/mol. The van der Waals surface area contributed by atoms with Crippen LogP contribution in [0.15, 0.2) is 18.2 Å². The van der Waals surface area contributed by atoms with Crippen molar-refractivity contribution >= 4 is 0 Å². The van der Waals surface area contributed by atoms with E-state index in [4.69, 9.17) is 4.74 Å². The molecule has 0 aromatic heterocycles. The van der Waals surface area contributed by atoms with Gasteiger partial charge in [0.15, 0.2) is 0 Å². The molecule has 0 N–H and O–H groups in total. The average molecular weight is 242 g/mol. The molecule has 0 spiro atoms. The van der Waals surface area contributed by atoms with E-state index < -0.39 is 22.7 Å². The Labute approximate surface area is 97.6 Å². The summed E-state index contributed by atoms with van der Waals surface area (Å²) in [5.41, 5.74) is -1.50. The molecular formula is C13H13F3O. The fourth-order valence-corrected chi connectivity index (χ4v) is 3.02. The fraction of sp³-hybridized carbons (Fsp3) is 0.538. The van der Waals surface area contributed by atoms with Gasteiger partial charge < -0.3 is 4.74 Å². The van der Waals surface area contributed by atoms with Gasteiger partial charge in [-0.15, -0.1) is 0 Å². The number of alkyl halides is 2. The molecule has 4 rings (SSSR count). The van der Waals surface area contributed by atoms with Gasteiger partial charge in [0, 0.05) is 5.41 Å². The van der Waals surface area contributed by atoms with E-state index in [1.165, 1.54) is 13.2 Å². The minimum absolute atomic E-state index is 0.271. The van der Waals surface area contributed by atoms with E-state index in [2.05, 4.69) is 0 Å². The Morgan fingerprint density at radius 2 is 1.94 bits per heavy atom. The van der Waals surface area contributed by atoms with E-state index in [0.29, 0.717) is 25.2 Å². The second-order valence-electron chi connectivity index (χ2n) is 5.18. The van der Waals surface area contributed by atoms with Crippen LogP contribution in [-0.2, 0) is 5.92 Å². The molecule has 1 nitrogen and oxygen atoms in total. The lowest BCUT2D eigenvalue weighted by molar-refractivity contribution is -0.272. The topological polar surface area (TPSA) is 9.23 Å². The highest BCUT2D eigenvalue weighted by atomic mass is 19.3. The maximum absolute atomic E-state index is 14.3. The summed E-state index contributed by atoms with van der Waals surface area (Å²) in [6, 6.07) is 3.53. The summed E-state index contributed by atoms with van der Waals surface area (Å²) in [5.74, 6) is -3.22. The molecule has 3 saturated carbocycles. The third-order valence-electron chi connectivity index (χ3n) is 4.22. The molecule has 0 unspecified atom stereocenters. The summed E-state index contributed by atoms with van der Waals surface area (Å²) < 4.78 is 47.1. The zero-order valence-electron chi connectivity index (χ0n) is 9.47. The highest BCUT2D eigenvalue weighted by Crippen LogP contribution is 2.73. The lowest BCUT2D eigenvalue weighted by Gasteiger charge is -2.64. The van der Waals surface area contributed by atoms with Crippen molar-refractivity contribution in [2.24, 2.45) is 11.3 Å². The first kappa shape index (κ1) is 10.9. The Bertz CT molecular complexity index is 453. The van der Waals surface area contributed by atoms with Crippen molar-refractivity contribution in [2.75, 3.05) is 7.11 Å². The summed E-state index contributed by atoms with van der Waals surface area (Å²) in [6.45, 7) is 0. The van der Waals surface area contributed by atoms with E-state index >= 15 is 0 Å². The molecule has 3 fully saturated rings. The minimum atomic E-state index is -3.08. The standard InChI is InChI=1S/C13H13F3O/c1-17-9-2-3-11(14)10(4-9)13(15,16)12-5-8(6-12)7-12/h2-4,8H,5-7H2,1H3. The van der Waals surface area contributed by atoms with Gasteiger partial charge in [0.2, 0.25) is 0 Å². The van der Waals surface area contributed by atoms with Crippen molar-refractivity contribution < 1.29 is 17.9 Å². The molecule has 0 radical (unpaired) electrons. The SMILES string of the molecule is COc1ccc(F)c(C(F)(F)C23CC(C2)C3)c1. The van der Waals surface area contributed by atoms with Gasteiger partial charge in [0.05, 0.1) is 12.7 Å². The highest BCUT2D eigenvalue weighted by molar-refractivity contribution is 5.36. The highest BCUT2D eigenvalue weighted by Gasteiger charge is 2.70. The van der Waals surface area contributed by atoms with Crippen LogP contribution >= 0.6 is 0 Å². The summed E-state index contributed by atoms with van der Waals surface area (Å²) >= 11 is 0. The van der Waals surface area contributed by atoms with Crippen LogP contribution in [0, 0.1) is 17.2 Å². The van der Waals surface area contributed by atoms with Crippen molar-refractivity contribution in [3.8, 4) is 5.75 Å². The Hall–Kier alpha value is -1.19. The Balaban J connectivity index is 2.02. The van der Waals surface area contributed by atoms with E-state index in [1.54, 1.807) is 0 Å². The second-order valence-corrected chi connectivity index (χ2v) is 5.18. The number of benzene rings is 1. The number of hydrogen-bond donors (Lipinski definition) is 0. The van der Waals surface area contributed by atoms with E-state index in [1.807, 2.05) is 0 Å². The van der Waals surface area contributed by atoms with Gasteiger partial charge in [-0.2, -0.15) is 0 Å². The van der Waals surface area contributed by atoms with E-state index in [9.17, 15) is 13.2 Å². The molecule has 0 heterocycles. The molecule has 0 saturated heterocycles. The molecule has 1 aromatic rings. The lowest BCUT2D eigenvalue weighted by atomic mass is 9.41. The molecule has 92 valence electrons. The summed E-state index contributed by atoms with van der Waals surface area (Å²) in [5, 5.41) is 0. The van der Waals surface area contributed by atoms with Crippen molar-refractivity contribution in [2.45, 2.75) is 25.2 Å². The van der Waals surface area contributed by atoms with Crippen molar-refractivity contribution in [1.82, 2.24) is 0 Å². The van der Waals surface area contributed by atoms with Gasteiger partial charge in [0.25, 0.3) is 5.92 Å². The Morgan fingerprint density at radius 1 is 1.29 bits per heavy atom. The van der Waals surface area contributed by atoms with Gasteiger partial charge in [-0.3, -0.25) is 0 Å². The molecule has 0 aliphatic heterocycles. The third kappa shape index (κ3) is 1.27. The lowest BCUT2D eigenvalue weighted by Crippen LogP contribution is -2.60. The molecule has 0 amide bonds. The molecule has 2 bridgehead atoms. The van der Waals surface area contributed by atoms with Crippen LogP contribution in [0.25, 0.3) is 0 Å². The number of ether oxygens (including phenoxy) is 1. The predicted molar refractivity (Wildman–Crippen MR) is 56.6 cm³/mol. The van der Waals surface area contributed by atoms with Crippen LogP contribution < -0.4 is 4.74 Å². The van der Waals surface area contributed by atoms with E-state index in [0.717, 1.165) is 12.1 Å². The number of rotatable bonds is 3. The monoisotopic (exact) mass is 242 g/mol. The first-order valence-electron chi connectivity index (χ1n) is 5.70. The third-order valence-corrected chi connectivity index (χ3v) is 4.22. The normalized spacial score (nSPS) is 30.5. The molecule has 17 heavy (non-hydrogen) atoms. The summed E-state index contributed by atoms with van der Waals surface area (Å²) in [4.78, 5) is 0. The first-order valence-corrected chi connectivity index (χ1v) is 5.70. The Kier molecular flexibility index (Phi) is 2.04. The van der Waals surface area contributed by atoms with E-state index in [-0.39, 0.29) is 5.75 Å². The maximum atomic E-state index is 14.3. The quantitative estimate of drug-likeness (QED) is 0.784. The number of hydrogen-bond acceptors (Lipinski definition) is 1. The predicted octanol–water partition coefficient (Wildman–Crippen LogP) is 3.73. The molecule has 3 aliphatic carbocycles. The largest absolute Gasteiger partial charge is 0.497 e. The van der Waals surface area contributed by atoms with Crippen LogP contribution in [0.3, 0.4) is 0 Å². The van der Waals surface area contributed by atoms with Crippen LogP contribution in [-0.4, -0.2) is 7.11 Å². The second kappa shape index (κ2) is 3.18. The molecule has 0 atom stereocenters. The smallest absolute Gasteiger partial charge is 0.281 e. The van der Waals surface area contributed by atoms with Gasteiger partial charge in [0.1, 0.15) is 11.6 Å². The maximum Gasteiger partial charge on any atom is 0.281 e. The summed E-state index contributed by atoms with van der Waals surface area (Å²) in [7, 11) is 1.39. The van der Waals surface area contributed by atoms with Crippen molar-refractivity contribution in [3.63, 3.8) is 0 Å². The van der Waals surface area contributed by atoms with Crippen LogP contribution in [0.4, 0.5) is 13.2 Å². The number of methoxy groups -OCH3 is 1. The molecule has 4 heteroatoms. The summed E-state index contributed by atoms with van der Waals surface area (Å²) in [6.07, 6.45) is 1.57. The fourth-order valence-electron chi connectivity index (χ4n) is 3.02. The van der Waals surface area contributed by atoms with Gasteiger partial charge in [-0.25, -0.2) is 13.2 Å². The van der Waals surface area contributed by atoms with Crippen LogP contribution in [0.1, 0.15) is 24.8 Å². The van der Waals surface area contributed by atoms with Crippen LogP contribution in [0.5, 0.6) is 5.75 Å². The molecule has 3 aliphatic rings. The van der Waals surface area contributed by atoms with Crippen LogP contribution in [0.2, 0.25) is 0 Å². The van der Waals surface area contributed by atoms with Gasteiger partial charge in [-0.1, -0.05) is 0 Å².